The third-order valence-corrected chi connectivity index (χ3v) is 5.97. The molecule has 0 aliphatic rings. The summed E-state index contributed by atoms with van der Waals surface area (Å²) in [5.41, 5.74) is 2.04. The van der Waals surface area contributed by atoms with E-state index in [0.29, 0.717) is 11.1 Å². The highest BCUT2D eigenvalue weighted by molar-refractivity contribution is 7.89. The van der Waals surface area contributed by atoms with Crippen LogP contribution in [0.5, 0.6) is 0 Å². The van der Waals surface area contributed by atoms with Gasteiger partial charge in [-0.1, -0.05) is 12.1 Å². The van der Waals surface area contributed by atoms with E-state index in [4.69, 9.17) is 0 Å². The molecule has 2 N–H and O–H groups in total. The Hall–Kier alpha value is -2.42. The maximum absolute atomic E-state index is 12.2. The zero-order chi connectivity index (χ0) is 20.2. The summed E-state index contributed by atoms with van der Waals surface area (Å²) in [6, 6.07) is 13.1. The number of aliphatic hydroxyl groups excluding tert-OH is 1. The minimum atomic E-state index is -3.53. The highest BCUT2D eigenvalue weighted by Crippen LogP contribution is 2.18. The molecule has 2 rings (SSSR count). The normalized spacial score (nSPS) is 12.7. The van der Waals surface area contributed by atoms with E-state index in [-0.39, 0.29) is 17.3 Å². The van der Waals surface area contributed by atoms with Crippen molar-refractivity contribution in [3.05, 3.63) is 59.7 Å². The highest BCUT2D eigenvalue weighted by atomic mass is 32.2. The van der Waals surface area contributed by atoms with E-state index in [1.54, 1.807) is 0 Å². The first-order chi connectivity index (χ1) is 12.6. The van der Waals surface area contributed by atoms with Crippen molar-refractivity contribution in [3.63, 3.8) is 0 Å². The van der Waals surface area contributed by atoms with Crippen molar-refractivity contribution in [1.82, 2.24) is 9.62 Å². The molecule has 0 saturated carbocycles. The number of amides is 1. The van der Waals surface area contributed by atoms with E-state index in [1.165, 1.54) is 38.4 Å². The van der Waals surface area contributed by atoms with E-state index >= 15 is 0 Å². The van der Waals surface area contributed by atoms with Gasteiger partial charge in [0.25, 0.3) is 5.91 Å². The lowest BCUT2D eigenvalue weighted by Gasteiger charge is -2.16. The summed E-state index contributed by atoms with van der Waals surface area (Å²) in [5, 5.41) is 12.9. The van der Waals surface area contributed by atoms with Crippen LogP contribution in [-0.4, -0.2) is 58.5 Å². The Labute approximate surface area is 160 Å². The van der Waals surface area contributed by atoms with Crippen LogP contribution in [0, 0.1) is 0 Å². The summed E-state index contributed by atoms with van der Waals surface area (Å²) < 4.78 is 25.2. The third kappa shape index (κ3) is 5.06. The molecular weight excluding hydrogens is 366 g/mol. The van der Waals surface area contributed by atoms with Gasteiger partial charge in [-0.2, -0.15) is 0 Å². The van der Waals surface area contributed by atoms with Gasteiger partial charge in [0.2, 0.25) is 10.0 Å². The van der Waals surface area contributed by atoms with E-state index in [9.17, 15) is 18.3 Å². The SMILES string of the molecule is CN(C)c1ccc(C(O)CNC(=O)c2ccc(S(=O)(=O)N(C)C)cc2)cc1. The molecule has 0 aliphatic heterocycles. The Morgan fingerprint density at radius 2 is 1.56 bits per heavy atom. The maximum atomic E-state index is 12.2. The van der Waals surface area contributed by atoms with Crippen molar-refractivity contribution in [1.29, 1.82) is 0 Å². The summed E-state index contributed by atoms with van der Waals surface area (Å²) in [5.74, 6) is -0.382. The number of anilines is 1. The first kappa shape index (κ1) is 20.9. The number of sulfonamides is 1. The maximum Gasteiger partial charge on any atom is 0.251 e. The average molecular weight is 391 g/mol. The van der Waals surface area contributed by atoms with Crippen LogP contribution >= 0.6 is 0 Å². The summed E-state index contributed by atoms with van der Waals surface area (Å²) >= 11 is 0. The lowest BCUT2D eigenvalue weighted by atomic mass is 10.1. The minimum absolute atomic E-state index is 0.0535. The number of rotatable bonds is 7. The fourth-order valence-electron chi connectivity index (χ4n) is 2.39. The fourth-order valence-corrected chi connectivity index (χ4v) is 3.29. The van der Waals surface area contributed by atoms with Crippen molar-refractivity contribution < 1.29 is 18.3 Å². The summed E-state index contributed by atoms with van der Waals surface area (Å²) in [6.45, 7) is 0.0535. The van der Waals surface area contributed by atoms with Gasteiger partial charge in [-0.25, -0.2) is 12.7 Å². The zero-order valence-corrected chi connectivity index (χ0v) is 16.7. The van der Waals surface area contributed by atoms with Crippen LogP contribution in [0.4, 0.5) is 5.69 Å². The molecule has 0 bridgehead atoms. The lowest BCUT2D eigenvalue weighted by molar-refractivity contribution is 0.0916. The predicted molar refractivity (Wildman–Crippen MR) is 105 cm³/mol. The van der Waals surface area contributed by atoms with Gasteiger partial charge in [-0.3, -0.25) is 4.79 Å². The molecule has 0 saturated heterocycles. The van der Waals surface area contributed by atoms with Crippen molar-refractivity contribution in [3.8, 4) is 0 Å². The molecular formula is C19H25N3O4S. The molecule has 1 amide bonds. The van der Waals surface area contributed by atoms with Crippen LogP contribution < -0.4 is 10.2 Å². The molecule has 27 heavy (non-hydrogen) atoms. The average Bonchev–Trinajstić information content (AvgIpc) is 2.65. The second-order valence-corrected chi connectivity index (χ2v) is 8.68. The Morgan fingerprint density at radius 1 is 1.00 bits per heavy atom. The van der Waals surface area contributed by atoms with E-state index in [1.807, 2.05) is 43.3 Å². The van der Waals surface area contributed by atoms with Gasteiger partial charge in [0.05, 0.1) is 11.0 Å². The largest absolute Gasteiger partial charge is 0.387 e. The summed E-state index contributed by atoms with van der Waals surface area (Å²) in [4.78, 5) is 14.3. The number of hydrogen-bond acceptors (Lipinski definition) is 5. The van der Waals surface area contributed by atoms with E-state index < -0.39 is 16.1 Å². The molecule has 0 fully saturated rings. The minimum Gasteiger partial charge on any atom is -0.387 e. The van der Waals surface area contributed by atoms with Gasteiger partial charge in [-0.05, 0) is 42.0 Å². The van der Waals surface area contributed by atoms with Gasteiger partial charge < -0.3 is 15.3 Å². The number of nitrogens with zero attached hydrogens (tertiary/aromatic N) is 2. The molecule has 8 heteroatoms. The number of carbonyl (C=O) groups excluding carboxylic acids is 1. The highest BCUT2D eigenvalue weighted by Gasteiger charge is 2.18. The summed E-state index contributed by atoms with van der Waals surface area (Å²) in [6.07, 6.45) is -0.835. The van der Waals surface area contributed by atoms with E-state index in [2.05, 4.69) is 5.32 Å². The molecule has 146 valence electrons. The Balaban J connectivity index is 1.99. The van der Waals surface area contributed by atoms with Crippen molar-refractivity contribution >= 4 is 21.6 Å². The lowest BCUT2D eigenvalue weighted by Crippen LogP contribution is -2.28. The predicted octanol–water partition coefficient (Wildman–Crippen LogP) is 1.47. The molecule has 1 atom stereocenters. The van der Waals surface area contributed by atoms with Crippen LogP contribution in [0.1, 0.15) is 22.0 Å². The second kappa shape index (κ2) is 8.51. The smallest absolute Gasteiger partial charge is 0.251 e. The van der Waals surface area contributed by atoms with Crippen LogP contribution in [0.2, 0.25) is 0 Å². The molecule has 2 aromatic carbocycles. The standard InChI is InChI=1S/C19H25N3O4S/c1-21(2)16-9-5-14(6-10-16)18(23)13-20-19(24)15-7-11-17(12-8-15)27(25,26)22(3)4/h5-12,18,23H,13H2,1-4H3,(H,20,24). The zero-order valence-electron chi connectivity index (χ0n) is 15.9. The molecule has 2 aromatic rings. The second-order valence-electron chi connectivity index (χ2n) is 6.52. The molecule has 0 spiro atoms. The molecule has 7 nitrogen and oxygen atoms in total. The molecule has 1 unspecified atom stereocenters. The number of nitrogens with one attached hydrogen (secondary N) is 1. The quantitative estimate of drug-likeness (QED) is 0.746. The number of hydrogen-bond donors (Lipinski definition) is 2. The summed E-state index contributed by atoms with van der Waals surface area (Å²) in [7, 11) is 3.22. The van der Waals surface area contributed by atoms with Crippen LogP contribution in [0.25, 0.3) is 0 Å². The Bertz CT molecular complexity index is 876. The fraction of sp³-hybridized carbons (Fsp3) is 0.316. The van der Waals surface area contributed by atoms with Gasteiger partial charge in [0, 0.05) is 46.0 Å². The van der Waals surface area contributed by atoms with Gasteiger partial charge >= 0.3 is 0 Å². The van der Waals surface area contributed by atoms with Gasteiger partial charge in [0.15, 0.2) is 0 Å². The van der Waals surface area contributed by atoms with Crippen LogP contribution in [0.3, 0.4) is 0 Å². The first-order valence-corrected chi connectivity index (χ1v) is 9.83. The van der Waals surface area contributed by atoms with E-state index in [0.717, 1.165) is 9.99 Å². The molecule has 0 aromatic heterocycles. The Morgan fingerprint density at radius 3 is 2.04 bits per heavy atom. The Kier molecular flexibility index (Phi) is 6.59. The topological polar surface area (TPSA) is 90.0 Å². The van der Waals surface area contributed by atoms with Gasteiger partial charge in [0.1, 0.15) is 0 Å². The number of aliphatic hydroxyl groups is 1. The first-order valence-electron chi connectivity index (χ1n) is 8.39. The number of benzene rings is 2. The van der Waals surface area contributed by atoms with Crippen molar-refractivity contribution in [2.75, 3.05) is 39.6 Å². The van der Waals surface area contributed by atoms with Crippen molar-refractivity contribution in [2.24, 2.45) is 0 Å². The molecule has 0 aliphatic carbocycles. The third-order valence-electron chi connectivity index (χ3n) is 4.15. The molecule has 0 heterocycles. The van der Waals surface area contributed by atoms with Crippen LogP contribution in [-0.2, 0) is 10.0 Å². The molecule has 0 radical (unpaired) electrons. The monoisotopic (exact) mass is 391 g/mol. The van der Waals surface area contributed by atoms with Crippen molar-refractivity contribution in [2.45, 2.75) is 11.0 Å². The van der Waals surface area contributed by atoms with Crippen LogP contribution in [0.15, 0.2) is 53.4 Å². The van der Waals surface area contributed by atoms with Gasteiger partial charge in [-0.15, -0.1) is 0 Å². The number of carbonyl (C=O) groups is 1.